The molecule has 1 aromatic carbocycles. The minimum Gasteiger partial charge on any atom is -0.497 e. The van der Waals surface area contributed by atoms with Gasteiger partial charge in [-0.25, -0.2) is 0 Å². The number of hydrogen-bond acceptors (Lipinski definition) is 3. The molecule has 16 heavy (non-hydrogen) atoms. The molecular weight excluding hydrogens is 270 g/mol. The molecule has 0 aliphatic carbocycles. The van der Waals surface area contributed by atoms with Crippen LogP contribution in [0.15, 0.2) is 22.7 Å². The number of rotatable bonds is 6. The molecule has 0 bridgehead atoms. The fraction of sp³-hybridized carbons (Fsp3) is 0.500. The van der Waals surface area contributed by atoms with E-state index < -0.39 is 0 Å². The molecule has 0 amide bonds. The lowest BCUT2D eigenvalue weighted by molar-refractivity contribution is 0.256. The molecule has 0 radical (unpaired) electrons. The molecule has 0 aliphatic rings. The first-order valence-corrected chi connectivity index (χ1v) is 6.07. The normalized spacial score (nSPS) is 12.2. The molecule has 90 valence electrons. The van der Waals surface area contributed by atoms with Gasteiger partial charge in [0.1, 0.15) is 11.5 Å². The number of halogens is 1. The van der Waals surface area contributed by atoms with Crippen LogP contribution in [0.3, 0.4) is 0 Å². The fourth-order valence-electron chi connectivity index (χ4n) is 1.37. The Morgan fingerprint density at radius 3 is 2.75 bits per heavy atom. The second-order valence-corrected chi connectivity index (χ2v) is 4.62. The third-order valence-electron chi connectivity index (χ3n) is 2.21. The molecule has 3 nitrogen and oxygen atoms in total. The molecule has 0 aromatic heterocycles. The number of nitrogens with one attached hydrogen (secondary N) is 1. The van der Waals surface area contributed by atoms with Crippen molar-refractivity contribution in [3.63, 3.8) is 0 Å². The first-order chi connectivity index (χ1) is 7.67. The average Bonchev–Trinajstić information content (AvgIpc) is 2.27. The van der Waals surface area contributed by atoms with Gasteiger partial charge in [0.15, 0.2) is 0 Å². The second kappa shape index (κ2) is 6.76. The van der Waals surface area contributed by atoms with E-state index in [9.17, 15) is 0 Å². The molecule has 0 saturated heterocycles. The van der Waals surface area contributed by atoms with Gasteiger partial charge in [0.05, 0.1) is 18.2 Å². The zero-order valence-electron chi connectivity index (χ0n) is 9.92. The van der Waals surface area contributed by atoms with Crippen molar-refractivity contribution >= 4 is 15.9 Å². The van der Waals surface area contributed by atoms with E-state index in [2.05, 4.69) is 28.2 Å². The van der Waals surface area contributed by atoms with Crippen molar-refractivity contribution in [2.24, 2.45) is 5.92 Å². The summed E-state index contributed by atoms with van der Waals surface area (Å²) < 4.78 is 11.7. The highest BCUT2D eigenvalue weighted by atomic mass is 79.9. The summed E-state index contributed by atoms with van der Waals surface area (Å²) >= 11 is 3.46. The van der Waals surface area contributed by atoms with Crippen LogP contribution in [0.4, 0.5) is 0 Å². The van der Waals surface area contributed by atoms with Crippen molar-refractivity contribution in [1.82, 2.24) is 5.32 Å². The van der Waals surface area contributed by atoms with Crippen LogP contribution < -0.4 is 14.8 Å². The first-order valence-electron chi connectivity index (χ1n) is 5.28. The Morgan fingerprint density at radius 1 is 1.44 bits per heavy atom. The van der Waals surface area contributed by atoms with E-state index in [0.29, 0.717) is 12.5 Å². The van der Waals surface area contributed by atoms with E-state index in [1.165, 1.54) is 0 Å². The van der Waals surface area contributed by atoms with Gasteiger partial charge in [-0.1, -0.05) is 6.92 Å². The smallest absolute Gasteiger partial charge is 0.133 e. The van der Waals surface area contributed by atoms with Crippen LogP contribution >= 0.6 is 15.9 Å². The summed E-state index contributed by atoms with van der Waals surface area (Å²) in [5, 5.41) is 3.12. The standard InChI is InChI=1S/C12H18BrNO2/c1-9(7-14-2)8-16-12-5-4-10(15-3)6-11(12)13/h4-6,9,14H,7-8H2,1-3H3. The summed E-state index contributed by atoms with van der Waals surface area (Å²) in [4.78, 5) is 0. The van der Waals surface area contributed by atoms with Gasteiger partial charge in [0.2, 0.25) is 0 Å². The Hall–Kier alpha value is -0.740. The van der Waals surface area contributed by atoms with Crippen LogP contribution in [0, 0.1) is 5.92 Å². The quantitative estimate of drug-likeness (QED) is 0.873. The second-order valence-electron chi connectivity index (χ2n) is 3.77. The van der Waals surface area contributed by atoms with Crippen LogP contribution in [0.25, 0.3) is 0 Å². The molecule has 1 rings (SSSR count). The SMILES string of the molecule is CNCC(C)COc1ccc(OC)cc1Br. The van der Waals surface area contributed by atoms with E-state index in [4.69, 9.17) is 9.47 Å². The summed E-state index contributed by atoms with van der Waals surface area (Å²) in [6.07, 6.45) is 0. The van der Waals surface area contributed by atoms with Crippen LogP contribution in [0.1, 0.15) is 6.92 Å². The summed E-state index contributed by atoms with van der Waals surface area (Å²) in [6, 6.07) is 5.70. The van der Waals surface area contributed by atoms with Crippen molar-refractivity contribution in [3.8, 4) is 11.5 Å². The highest BCUT2D eigenvalue weighted by Crippen LogP contribution is 2.29. The van der Waals surface area contributed by atoms with Crippen LogP contribution in [-0.4, -0.2) is 27.3 Å². The molecule has 1 unspecified atom stereocenters. The largest absolute Gasteiger partial charge is 0.497 e. The summed E-state index contributed by atoms with van der Waals surface area (Å²) in [5.74, 6) is 2.16. The Bertz CT molecular complexity index is 331. The van der Waals surface area contributed by atoms with E-state index in [1.54, 1.807) is 7.11 Å². The number of hydrogen-bond donors (Lipinski definition) is 1. The van der Waals surface area contributed by atoms with Gasteiger partial charge < -0.3 is 14.8 Å². The summed E-state index contributed by atoms with van der Waals surface area (Å²) in [6.45, 7) is 3.80. The Morgan fingerprint density at radius 2 is 2.19 bits per heavy atom. The maximum absolute atomic E-state index is 5.71. The van der Waals surface area contributed by atoms with Crippen molar-refractivity contribution < 1.29 is 9.47 Å². The van der Waals surface area contributed by atoms with E-state index >= 15 is 0 Å². The van der Waals surface area contributed by atoms with Gasteiger partial charge in [-0.2, -0.15) is 0 Å². The summed E-state index contributed by atoms with van der Waals surface area (Å²) in [7, 11) is 3.59. The molecule has 1 aromatic rings. The van der Waals surface area contributed by atoms with Crippen molar-refractivity contribution in [3.05, 3.63) is 22.7 Å². The molecule has 4 heteroatoms. The van der Waals surface area contributed by atoms with Crippen LogP contribution in [0.5, 0.6) is 11.5 Å². The van der Waals surface area contributed by atoms with Crippen LogP contribution in [0.2, 0.25) is 0 Å². The fourth-order valence-corrected chi connectivity index (χ4v) is 1.84. The van der Waals surface area contributed by atoms with Gasteiger partial charge in [0, 0.05) is 12.5 Å². The maximum Gasteiger partial charge on any atom is 0.133 e. The highest BCUT2D eigenvalue weighted by molar-refractivity contribution is 9.10. The topological polar surface area (TPSA) is 30.5 Å². The Labute approximate surface area is 105 Å². The van der Waals surface area contributed by atoms with E-state index in [0.717, 1.165) is 22.5 Å². The average molecular weight is 288 g/mol. The maximum atomic E-state index is 5.71. The van der Waals surface area contributed by atoms with Gasteiger partial charge in [-0.05, 0) is 41.2 Å². The zero-order chi connectivity index (χ0) is 12.0. The third-order valence-corrected chi connectivity index (χ3v) is 2.83. The molecule has 0 heterocycles. The minimum absolute atomic E-state index is 0.485. The molecular formula is C12H18BrNO2. The Balaban J connectivity index is 2.54. The van der Waals surface area contributed by atoms with Crippen molar-refractivity contribution in [2.75, 3.05) is 27.3 Å². The minimum atomic E-state index is 0.485. The molecule has 0 aliphatic heterocycles. The predicted octanol–water partition coefficient (Wildman–Crippen LogP) is 2.69. The lowest BCUT2D eigenvalue weighted by Gasteiger charge is -2.14. The Kier molecular flexibility index (Phi) is 5.63. The lowest BCUT2D eigenvalue weighted by Crippen LogP contribution is -2.21. The number of ether oxygens (including phenoxy) is 2. The first kappa shape index (κ1) is 13.3. The van der Waals surface area contributed by atoms with Gasteiger partial charge in [0.25, 0.3) is 0 Å². The van der Waals surface area contributed by atoms with E-state index in [-0.39, 0.29) is 0 Å². The summed E-state index contributed by atoms with van der Waals surface area (Å²) in [5.41, 5.74) is 0. The van der Waals surface area contributed by atoms with Crippen LogP contribution in [-0.2, 0) is 0 Å². The lowest BCUT2D eigenvalue weighted by atomic mass is 10.2. The molecule has 0 saturated carbocycles. The molecule has 0 fully saturated rings. The van der Waals surface area contributed by atoms with Crippen molar-refractivity contribution in [1.29, 1.82) is 0 Å². The molecule has 1 atom stereocenters. The highest BCUT2D eigenvalue weighted by Gasteiger charge is 2.05. The number of benzene rings is 1. The molecule has 1 N–H and O–H groups in total. The van der Waals surface area contributed by atoms with Gasteiger partial charge >= 0.3 is 0 Å². The molecule has 0 spiro atoms. The predicted molar refractivity (Wildman–Crippen MR) is 69.3 cm³/mol. The van der Waals surface area contributed by atoms with E-state index in [1.807, 2.05) is 25.2 Å². The number of methoxy groups -OCH3 is 1. The van der Waals surface area contributed by atoms with Crippen molar-refractivity contribution in [2.45, 2.75) is 6.92 Å². The third kappa shape index (κ3) is 4.02. The zero-order valence-corrected chi connectivity index (χ0v) is 11.5. The van der Waals surface area contributed by atoms with Gasteiger partial charge in [-0.3, -0.25) is 0 Å². The monoisotopic (exact) mass is 287 g/mol. The van der Waals surface area contributed by atoms with Gasteiger partial charge in [-0.15, -0.1) is 0 Å².